The van der Waals surface area contributed by atoms with Gasteiger partial charge >= 0.3 is 0 Å². The molecule has 0 aliphatic heterocycles. The first-order valence-electron chi connectivity index (χ1n) is 8.33. The normalized spacial score (nSPS) is 11.0. The van der Waals surface area contributed by atoms with E-state index >= 15 is 0 Å². The Hall–Kier alpha value is -3.21. The largest absolute Gasteiger partial charge is 0.355 e. The van der Waals surface area contributed by atoms with Crippen molar-refractivity contribution in [1.82, 2.24) is 19.9 Å². The summed E-state index contributed by atoms with van der Waals surface area (Å²) in [4.78, 5) is 12.2. The second-order valence-corrected chi connectivity index (χ2v) is 6.00. The molecule has 2 aromatic heterocycles. The Bertz CT molecular complexity index is 1040. The number of fused-ring (bicyclic) bond motifs is 2. The zero-order valence-electron chi connectivity index (χ0n) is 13.7. The Labute approximate surface area is 145 Å². The highest BCUT2D eigenvalue weighted by molar-refractivity contribution is 5.85. The molecule has 4 rings (SSSR count). The van der Waals surface area contributed by atoms with Gasteiger partial charge in [0.25, 0.3) is 0 Å². The molecule has 1 amide bonds. The van der Waals surface area contributed by atoms with Gasteiger partial charge in [-0.05, 0) is 28.5 Å². The molecule has 0 aliphatic carbocycles. The van der Waals surface area contributed by atoms with Gasteiger partial charge in [0, 0.05) is 19.2 Å². The maximum absolute atomic E-state index is 12.2. The topological polar surface area (TPSA) is 59.3 Å². The van der Waals surface area contributed by atoms with Gasteiger partial charge in [0.1, 0.15) is 5.82 Å². The molecule has 5 heteroatoms. The van der Waals surface area contributed by atoms with Gasteiger partial charge in [-0.2, -0.15) is 0 Å². The number of carbonyl (C=O) groups is 1. The number of nitrogens with one attached hydrogen (secondary N) is 1. The van der Waals surface area contributed by atoms with Crippen LogP contribution in [0.1, 0.15) is 11.4 Å². The van der Waals surface area contributed by atoms with E-state index in [4.69, 9.17) is 0 Å². The lowest BCUT2D eigenvalue weighted by Gasteiger charge is -2.06. The standard InChI is InChI=1S/C20H18N4O/c25-20(14-15-8-9-16-5-1-2-6-17(16)13-15)21-11-10-19-23-22-18-7-3-4-12-24(18)19/h1-9,12-13H,10-11,14H2,(H,21,25). The molecule has 1 N–H and O–H groups in total. The molecule has 0 saturated carbocycles. The smallest absolute Gasteiger partial charge is 0.224 e. The highest BCUT2D eigenvalue weighted by Gasteiger charge is 2.07. The van der Waals surface area contributed by atoms with Gasteiger partial charge in [-0.1, -0.05) is 48.5 Å². The van der Waals surface area contributed by atoms with E-state index in [1.54, 1.807) is 0 Å². The zero-order chi connectivity index (χ0) is 17.1. The van der Waals surface area contributed by atoms with Crippen LogP contribution < -0.4 is 5.32 Å². The summed E-state index contributed by atoms with van der Waals surface area (Å²) in [5, 5.41) is 13.6. The molecule has 0 aliphatic rings. The average Bonchev–Trinajstić information content (AvgIpc) is 3.05. The van der Waals surface area contributed by atoms with Crippen LogP contribution in [-0.4, -0.2) is 27.0 Å². The van der Waals surface area contributed by atoms with Crippen LogP contribution in [0.25, 0.3) is 16.4 Å². The van der Waals surface area contributed by atoms with Gasteiger partial charge in [0.05, 0.1) is 6.42 Å². The zero-order valence-corrected chi connectivity index (χ0v) is 13.7. The highest BCUT2D eigenvalue weighted by atomic mass is 16.1. The molecule has 25 heavy (non-hydrogen) atoms. The van der Waals surface area contributed by atoms with Crippen LogP contribution in [0.3, 0.4) is 0 Å². The molecular formula is C20H18N4O. The van der Waals surface area contributed by atoms with Crippen LogP contribution in [0.2, 0.25) is 0 Å². The van der Waals surface area contributed by atoms with Crippen molar-refractivity contribution in [2.24, 2.45) is 0 Å². The molecule has 2 aromatic carbocycles. The van der Waals surface area contributed by atoms with E-state index in [1.807, 2.05) is 47.0 Å². The van der Waals surface area contributed by atoms with Crippen LogP contribution >= 0.6 is 0 Å². The molecule has 0 radical (unpaired) electrons. The summed E-state index contributed by atoms with van der Waals surface area (Å²) in [5.41, 5.74) is 1.84. The van der Waals surface area contributed by atoms with Crippen molar-refractivity contribution < 1.29 is 4.79 Å². The third kappa shape index (κ3) is 3.35. The van der Waals surface area contributed by atoms with Crippen molar-refractivity contribution in [3.05, 3.63) is 78.2 Å². The molecule has 2 heterocycles. The van der Waals surface area contributed by atoms with Gasteiger partial charge in [-0.3, -0.25) is 9.20 Å². The molecule has 124 valence electrons. The molecule has 5 nitrogen and oxygen atoms in total. The Kier molecular flexibility index (Phi) is 4.12. The van der Waals surface area contributed by atoms with Gasteiger partial charge in [-0.15, -0.1) is 10.2 Å². The fraction of sp³-hybridized carbons (Fsp3) is 0.150. The minimum atomic E-state index is 0.0177. The van der Waals surface area contributed by atoms with Crippen molar-refractivity contribution in [3.63, 3.8) is 0 Å². The fourth-order valence-corrected chi connectivity index (χ4v) is 2.97. The summed E-state index contributed by atoms with van der Waals surface area (Å²) in [6, 6.07) is 20.1. The number of pyridine rings is 1. The quantitative estimate of drug-likeness (QED) is 0.612. The summed E-state index contributed by atoms with van der Waals surface area (Å²) in [7, 11) is 0. The molecule has 0 spiro atoms. The van der Waals surface area contributed by atoms with Crippen LogP contribution in [-0.2, 0) is 17.6 Å². The highest BCUT2D eigenvalue weighted by Crippen LogP contribution is 2.15. The van der Waals surface area contributed by atoms with Crippen molar-refractivity contribution in [2.45, 2.75) is 12.8 Å². The summed E-state index contributed by atoms with van der Waals surface area (Å²) in [6.07, 6.45) is 2.96. The Morgan fingerprint density at radius 1 is 0.960 bits per heavy atom. The van der Waals surface area contributed by atoms with E-state index in [2.05, 4.69) is 39.8 Å². The maximum Gasteiger partial charge on any atom is 0.224 e. The third-order valence-electron chi connectivity index (χ3n) is 4.23. The van der Waals surface area contributed by atoms with E-state index in [9.17, 15) is 4.79 Å². The summed E-state index contributed by atoms with van der Waals surface area (Å²) in [5.74, 6) is 0.866. The molecule has 0 bridgehead atoms. The van der Waals surface area contributed by atoms with Crippen LogP contribution in [0.15, 0.2) is 66.9 Å². The fourth-order valence-electron chi connectivity index (χ4n) is 2.97. The number of rotatable bonds is 5. The first kappa shape index (κ1) is 15.3. The van der Waals surface area contributed by atoms with Crippen molar-refractivity contribution in [3.8, 4) is 0 Å². The van der Waals surface area contributed by atoms with E-state index in [-0.39, 0.29) is 5.91 Å². The number of amides is 1. The van der Waals surface area contributed by atoms with Crippen LogP contribution in [0.5, 0.6) is 0 Å². The van der Waals surface area contributed by atoms with Crippen molar-refractivity contribution in [1.29, 1.82) is 0 Å². The van der Waals surface area contributed by atoms with Gasteiger partial charge in [-0.25, -0.2) is 0 Å². The van der Waals surface area contributed by atoms with Crippen LogP contribution in [0, 0.1) is 0 Å². The summed E-state index contributed by atoms with van der Waals surface area (Å²) < 4.78 is 1.94. The number of hydrogen-bond donors (Lipinski definition) is 1. The number of carbonyl (C=O) groups excluding carboxylic acids is 1. The van der Waals surface area contributed by atoms with Gasteiger partial charge in [0.15, 0.2) is 5.65 Å². The molecule has 4 aromatic rings. The van der Waals surface area contributed by atoms with Gasteiger partial charge < -0.3 is 5.32 Å². The number of nitrogens with zero attached hydrogens (tertiary/aromatic N) is 3. The SMILES string of the molecule is O=C(Cc1ccc2ccccc2c1)NCCc1nnc2ccccn12. The predicted molar refractivity (Wildman–Crippen MR) is 97.4 cm³/mol. The lowest BCUT2D eigenvalue weighted by atomic mass is 10.0. The van der Waals surface area contributed by atoms with Crippen molar-refractivity contribution >= 4 is 22.3 Å². The van der Waals surface area contributed by atoms with E-state index in [0.29, 0.717) is 19.4 Å². The lowest BCUT2D eigenvalue weighted by Crippen LogP contribution is -2.27. The van der Waals surface area contributed by atoms with Crippen LogP contribution in [0.4, 0.5) is 0 Å². The second-order valence-electron chi connectivity index (χ2n) is 6.00. The van der Waals surface area contributed by atoms with Crippen molar-refractivity contribution in [2.75, 3.05) is 6.54 Å². The predicted octanol–water partition coefficient (Wildman–Crippen LogP) is 2.78. The molecule has 0 unspecified atom stereocenters. The Balaban J connectivity index is 1.35. The monoisotopic (exact) mass is 330 g/mol. The third-order valence-corrected chi connectivity index (χ3v) is 4.23. The number of benzene rings is 2. The molecule has 0 fully saturated rings. The van der Waals surface area contributed by atoms with Gasteiger partial charge in [0.2, 0.25) is 5.91 Å². The first-order valence-corrected chi connectivity index (χ1v) is 8.33. The Morgan fingerprint density at radius 2 is 1.80 bits per heavy atom. The maximum atomic E-state index is 12.2. The minimum absolute atomic E-state index is 0.0177. The number of aromatic nitrogens is 3. The summed E-state index contributed by atoms with van der Waals surface area (Å²) in [6.45, 7) is 0.544. The molecule has 0 atom stereocenters. The molecular weight excluding hydrogens is 312 g/mol. The minimum Gasteiger partial charge on any atom is -0.355 e. The van der Waals surface area contributed by atoms with E-state index < -0.39 is 0 Å². The first-order chi connectivity index (χ1) is 12.3. The number of hydrogen-bond acceptors (Lipinski definition) is 3. The molecule has 0 saturated heterocycles. The Morgan fingerprint density at radius 3 is 2.72 bits per heavy atom. The summed E-state index contributed by atoms with van der Waals surface area (Å²) >= 11 is 0. The van der Waals surface area contributed by atoms with E-state index in [0.717, 1.165) is 22.4 Å². The lowest BCUT2D eigenvalue weighted by molar-refractivity contribution is -0.120. The second kappa shape index (κ2) is 6.73. The van der Waals surface area contributed by atoms with E-state index in [1.165, 1.54) is 5.39 Å². The average molecular weight is 330 g/mol.